The molecule has 0 aliphatic heterocycles. The smallest absolute Gasteiger partial charge is 0.397 e. The minimum atomic E-state index is 0. The molecule has 28 valence electrons. The molecule has 0 amide bonds. The average molecular weight is 105 g/mol. The summed E-state index contributed by atoms with van der Waals surface area (Å²) in [6.45, 7) is 1.93. The molecule has 2 heteroatoms. The van der Waals surface area contributed by atoms with E-state index in [0.29, 0.717) is 0 Å². The summed E-state index contributed by atoms with van der Waals surface area (Å²) in [6.07, 6.45) is 0. The first-order valence-corrected chi connectivity index (χ1v) is 1.02. The van der Waals surface area contributed by atoms with Crippen LogP contribution in [0, 0.1) is 0 Å². The van der Waals surface area contributed by atoms with Crippen molar-refractivity contribution in [1.82, 2.24) is 0 Å². The van der Waals surface area contributed by atoms with Crippen LogP contribution in [0.2, 0.25) is 0 Å². The molecule has 4 heavy (non-hydrogen) atoms. The maximum atomic E-state index is 7.57. The second-order valence-corrected chi connectivity index (χ2v) is 0.316. The van der Waals surface area contributed by atoms with Gasteiger partial charge in [0.1, 0.15) is 0 Å². The van der Waals surface area contributed by atoms with E-state index in [1.807, 2.05) is 0 Å². The Labute approximate surface area is 35.9 Å². The topological polar surface area (TPSA) is 20.2 Å². The summed E-state index contributed by atoms with van der Waals surface area (Å²) in [7, 11) is 0. The minimum absolute atomic E-state index is 0. The van der Waals surface area contributed by atoms with Crippen LogP contribution in [0.5, 0.6) is 0 Å². The largest absolute Gasteiger partial charge is 2.00 e. The van der Waals surface area contributed by atoms with Gasteiger partial charge in [-0.25, -0.2) is 0 Å². The Morgan fingerprint density at radius 2 is 1.75 bits per heavy atom. The molecule has 0 aromatic heterocycles. The molecule has 0 saturated carbocycles. The van der Waals surface area contributed by atoms with Crippen LogP contribution in [0.15, 0.2) is 0 Å². The predicted octanol–water partition coefficient (Wildman–Crippen LogP) is -0.00390. The molecule has 0 unspecified atom stereocenters. The number of hydrogen-bond acceptors (Lipinski definition) is 1. The van der Waals surface area contributed by atoms with Gasteiger partial charge >= 0.3 is 16.5 Å². The summed E-state index contributed by atoms with van der Waals surface area (Å²) < 4.78 is 0. The molecule has 0 radical (unpaired) electrons. The van der Waals surface area contributed by atoms with Gasteiger partial charge < -0.3 is 5.11 Å². The zero-order chi connectivity index (χ0) is 2.71. The second kappa shape index (κ2) is 9.84. The summed E-state index contributed by atoms with van der Waals surface area (Å²) in [4.78, 5) is 0. The Balaban J connectivity index is 0. The van der Waals surface area contributed by atoms with Crippen LogP contribution >= 0.6 is 0 Å². The van der Waals surface area contributed by atoms with Gasteiger partial charge in [-0.2, -0.15) is 0 Å². The third-order valence-corrected chi connectivity index (χ3v) is 0. The number of aliphatic hydroxyl groups is 1. The minimum Gasteiger partial charge on any atom is -0.397 e. The van der Waals surface area contributed by atoms with Gasteiger partial charge in [0.05, 0.1) is 0 Å². The molecule has 0 spiro atoms. The number of hydrogen-bond donors (Lipinski definition) is 1. The second-order valence-electron chi connectivity index (χ2n) is 0.316. The van der Waals surface area contributed by atoms with Gasteiger partial charge in [-0.15, -0.1) is 0 Å². The van der Waals surface area contributed by atoms with Gasteiger partial charge in [-0.05, 0) is 6.92 Å². The molecule has 1 nitrogen and oxygen atoms in total. The molecule has 0 heterocycles. The van der Waals surface area contributed by atoms with Crippen molar-refractivity contribution in [3.63, 3.8) is 0 Å². The van der Waals surface area contributed by atoms with Crippen LogP contribution < -0.4 is 0 Å². The average Bonchev–Trinajstić information content (AvgIpc) is 0.918. The third kappa shape index (κ3) is 25.2. The summed E-state index contributed by atoms with van der Waals surface area (Å²) in [5.74, 6) is 0. The van der Waals surface area contributed by atoms with Gasteiger partial charge in [0.25, 0.3) is 0 Å². The van der Waals surface area contributed by atoms with Crippen LogP contribution in [0.4, 0.5) is 0 Å². The maximum Gasteiger partial charge on any atom is 2.00 e. The molecule has 0 saturated heterocycles. The van der Waals surface area contributed by atoms with E-state index in [1.54, 1.807) is 6.92 Å². The van der Waals surface area contributed by atoms with E-state index < -0.39 is 0 Å². The van der Waals surface area contributed by atoms with E-state index in [4.69, 9.17) is 5.11 Å². The Bertz CT molecular complexity index is 6.00. The van der Waals surface area contributed by atoms with E-state index in [9.17, 15) is 0 Å². The Morgan fingerprint density at radius 1 is 1.75 bits per heavy atom. The van der Waals surface area contributed by atoms with Crippen LogP contribution in [0.1, 0.15) is 6.92 Å². The fourth-order valence-corrected chi connectivity index (χ4v) is 0. The van der Waals surface area contributed by atoms with E-state index in [0.717, 1.165) is 0 Å². The van der Waals surface area contributed by atoms with Crippen molar-refractivity contribution in [2.75, 3.05) is 6.61 Å². The van der Waals surface area contributed by atoms with Gasteiger partial charge in [-0.1, -0.05) is 0 Å². The van der Waals surface area contributed by atoms with Crippen molar-refractivity contribution in [2.24, 2.45) is 0 Å². The Kier molecular flexibility index (Phi) is 21.7. The first-order valence-electron chi connectivity index (χ1n) is 1.02. The van der Waals surface area contributed by atoms with Crippen LogP contribution in [-0.4, -0.2) is 11.7 Å². The normalized spacial score (nSPS) is 4.50. The van der Waals surface area contributed by atoms with Gasteiger partial charge in [0.2, 0.25) is 0 Å². The molecule has 0 atom stereocenters. The quantitative estimate of drug-likeness (QED) is 0.429. The molecule has 0 fully saturated rings. The first kappa shape index (κ1) is 8.82. The van der Waals surface area contributed by atoms with E-state index in [1.165, 1.54) is 0 Å². The van der Waals surface area contributed by atoms with E-state index in [2.05, 4.69) is 0 Å². The van der Waals surface area contributed by atoms with Gasteiger partial charge in [0.15, 0.2) is 0 Å². The molecular weight excluding hydrogens is 98.7 g/mol. The van der Waals surface area contributed by atoms with Crippen molar-refractivity contribution >= 4 is 0 Å². The van der Waals surface area contributed by atoms with Crippen LogP contribution in [0.3, 0.4) is 0 Å². The van der Waals surface area contributed by atoms with E-state index >= 15 is 0 Å². The summed E-state index contributed by atoms with van der Waals surface area (Å²) in [6, 6.07) is 0. The molecule has 0 aliphatic rings. The van der Waals surface area contributed by atoms with Crippen LogP contribution in [0.25, 0.3) is 0 Å². The van der Waals surface area contributed by atoms with Crippen LogP contribution in [-0.2, 0) is 16.5 Å². The zero-order valence-electron chi connectivity index (χ0n) is 2.47. The SMILES string of the molecule is CCO.[Ni+2]. The monoisotopic (exact) mass is 104 g/mol. The molecule has 1 N–H and O–H groups in total. The molecule has 0 aliphatic carbocycles. The molecule has 0 aromatic rings. The standard InChI is InChI=1S/C2H6O.Ni/c1-2-3;/h3H,2H2,1H3;/q;+2. The maximum absolute atomic E-state index is 7.57. The first-order chi connectivity index (χ1) is 1.41. The van der Waals surface area contributed by atoms with E-state index in [-0.39, 0.29) is 23.1 Å². The summed E-state index contributed by atoms with van der Waals surface area (Å²) in [5, 5.41) is 7.57. The third-order valence-electron chi connectivity index (χ3n) is 0. The Morgan fingerprint density at radius 3 is 1.75 bits per heavy atom. The summed E-state index contributed by atoms with van der Waals surface area (Å²) >= 11 is 0. The molecule has 0 aromatic carbocycles. The fourth-order valence-electron chi connectivity index (χ4n) is 0. The fraction of sp³-hybridized carbons (Fsp3) is 1.00. The van der Waals surface area contributed by atoms with Crippen molar-refractivity contribution in [1.29, 1.82) is 0 Å². The number of aliphatic hydroxyl groups excluding tert-OH is 1. The molecule has 0 bridgehead atoms. The molecular formula is C2H6NiO+2. The number of rotatable bonds is 0. The van der Waals surface area contributed by atoms with Crippen molar-refractivity contribution in [3.05, 3.63) is 0 Å². The van der Waals surface area contributed by atoms with Gasteiger partial charge in [0, 0.05) is 6.61 Å². The molecule has 0 rings (SSSR count). The van der Waals surface area contributed by atoms with Crippen molar-refractivity contribution in [2.45, 2.75) is 6.92 Å². The van der Waals surface area contributed by atoms with Gasteiger partial charge in [-0.3, -0.25) is 0 Å². The van der Waals surface area contributed by atoms with Crippen molar-refractivity contribution < 1.29 is 21.6 Å². The predicted molar refractivity (Wildman–Crippen MR) is 12.8 cm³/mol. The summed E-state index contributed by atoms with van der Waals surface area (Å²) in [5.41, 5.74) is 0. The Hall–Kier alpha value is 0.454. The zero-order valence-corrected chi connectivity index (χ0v) is 3.46. The van der Waals surface area contributed by atoms with Crippen molar-refractivity contribution in [3.8, 4) is 0 Å².